The quantitative estimate of drug-likeness (QED) is 0.264. The largest absolute Gasteiger partial charge is 0.382 e. The van der Waals surface area contributed by atoms with Crippen LogP contribution in [0.2, 0.25) is 0 Å². The first-order chi connectivity index (χ1) is 22.8. The summed E-state index contributed by atoms with van der Waals surface area (Å²) in [6, 6.07) is -1.98. The van der Waals surface area contributed by atoms with Crippen LogP contribution in [0.25, 0.3) is 11.0 Å². The molecule has 8 heterocycles. The zero-order valence-electron chi connectivity index (χ0n) is 25.5. The Morgan fingerprint density at radius 1 is 0.688 bits per heavy atom. The molecule has 256 valence electrons. The van der Waals surface area contributed by atoms with Crippen LogP contribution >= 0.6 is 31.9 Å². The second-order valence-corrected chi connectivity index (χ2v) is 14.3. The maximum Gasteiger partial charge on any atom is 0.268 e. The lowest BCUT2D eigenvalue weighted by Crippen LogP contribution is -2.58. The number of rotatable bonds is 2. The molecule has 4 aliphatic rings. The summed E-state index contributed by atoms with van der Waals surface area (Å²) in [4.78, 5) is 44.1. The Kier molecular flexibility index (Phi) is 8.32. The van der Waals surface area contributed by atoms with Crippen molar-refractivity contribution in [1.82, 2.24) is 38.5 Å². The Labute approximate surface area is 288 Å². The number of alkyl halides is 4. The van der Waals surface area contributed by atoms with Gasteiger partial charge in [0.25, 0.3) is 11.8 Å². The molecule has 0 unspecified atom stereocenters. The number of hydrogen-bond donors (Lipinski definition) is 2. The van der Waals surface area contributed by atoms with Crippen LogP contribution in [0.5, 0.6) is 0 Å². The van der Waals surface area contributed by atoms with Gasteiger partial charge in [0.15, 0.2) is 11.6 Å². The van der Waals surface area contributed by atoms with E-state index in [-0.39, 0.29) is 75.3 Å². The molecule has 0 radical (unpaired) electrons. The SMILES string of the molecule is Nc1nccn2c([C@@H]3CC[C@H]4N(C3)C(=O)CCC4(F)F)nc(Br)c12.Nc1nccn2c([C@H]3CC[C@@H]4N(C3)C(=O)CCC4(F)F)nc(Br)c12. The summed E-state index contributed by atoms with van der Waals surface area (Å²) in [7, 11) is 0. The first-order valence-corrected chi connectivity index (χ1v) is 17.3. The van der Waals surface area contributed by atoms with E-state index in [1.165, 1.54) is 9.80 Å². The smallest absolute Gasteiger partial charge is 0.268 e. The summed E-state index contributed by atoms with van der Waals surface area (Å²) in [5.41, 5.74) is 13.1. The van der Waals surface area contributed by atoms with Crippen molar-refractivity contribution in [2.45, 2.75) is 87.1 Å². The van der Waals surface area contributed by atoms with Crippen molar-refractivity contribution in [1.29, 1.82) is 0 Å². The normalized spacial score (nSPS) is 26.6. The van der Waals surface area contributed by atoms with Gasteiger partial charge in [0.05, 0.1) is 12.1 Å². The molecule has 0 aromatic carbocycles. The highest BCUT2D eigenvalue weighted by Crippen LogP contribution is 2.44. The second-order valence-electron chi connectivity index (χ2n) is 12.8. The number of nitrogens with two attached hydrogens (primary N) is 2. The fraction of sp³-hybridized carbons (Fsp3) is 0.533. The summed E-state index contributed by atoms with van der Waals surface area (Å²) < 4.78 is 61.2. The zero-order valence-corrected chi connectivity index (χ0v) is 28.7. The topological polar surface area (TPSA) is 153 Å². The molecular weight excluding hydrogens is 768 g/mol. The van der Waals surface area contributed by atoms with Crippen molar-refractivity contribution in [2.24, 2.45) is 0 Å². The molecule has 4 N–H and O–H groups in total. The van der Waals surface area contributed by atoms with Gasteiger partial charge in [0, 0.05) is 75.4 Å². The van der Waals surface area contributed by atoms with Gasteiger partial charge >= 0.3 is 0 Å². The van der Waals surface area contributed by atoms with Gasteiger partial charge in [-0.1, -0.05) is 0 Å². The van der Waals surface area contributed by atoms with Crippen LogP contribution in [0.3, 0.4) is 0 Å². The van der Waals surface area contributed by atoms with Crippen LogP contribution < -0.4 is 11.5 Å². The fourth-order valence-corrected chi connectivity index (χ4v) is 8.77. The van der Waals surface area contributed by atoms with Crippen LogP contribution in [0.15, 0.2) is 34.0 Å². The Morgan fingerprint density at radius 2 is 1.08 bits per heavy atom. The first-order valence-electron chi connectivity index (χ1n) is 15.7. The van der Waals surface area contributed by atoms with Crippen LogP contribution in [0.1, 0.15) is 74.9 Å². The van der Waals surface area contributed by atoms with E-state index in [1.807, 2.05) is 8.80 Å². The highest BCUT2D eigenvalue weighted by atomic mass is 79.9. The lowest BCUT2D eigenvalue weighted by Gasteiger charge is -2.45. The molecule has 0 aliphatic carbocycles. The van der Waals surface area contributed by atoms with E-state index in [1.54, 1.807) is 24.8 Å². The molecule has 4 fully saturated rings. The summed E-state index contributed by atoms with van der Waals surface area (Å²) in [5.74, 6) is -4.11. The third kappa shape index (κ3) is 5.57. The molecule has 2 amide bonds. The molecule has 8 rings (SSSR count). The lowest BCUT2D eigenvalue weighted by molar-refractivity contribution is -0.166. The van der Waals surface area contributed by atoms with Gasteiger partial charge in [0.2, 0.25) is 11.8 Å². The van der Waals surface area contributed by atoms with E-state index in [0.717, 1.165) is 0 Å². The standard InChI is InChI=1S/2C15H16BrF2N5O/c2*16-12-11-13(19)20-5-6-22(11)14(21-12)8-1-2-9-15(17,18)4-3-10(24)23(9)7-8/h2*5-6,8-9H,1-4,7H2,(H2,19,20)/t2*8-,9-/m10/s1. The number of nitrogens with zero attached hydrogens (tertiary/aromatic N) is 8. The summed E-state index contributed by atoms with van der Waals surface area (Å²) in [6.07, 6.45) is 7.41. The number of imidazole rings is 2. The van der Waals surface area contributed by atoms with Crippen molar-refractivity contribution in [3.8, 4) is 0 Å². The number of amides is 2. The third-order valence-electron chi connectivity index (χ3n) is 9.99. The monoisotopic (exact) mass is 798 g/mol. The minimum absolute atomic E-state index is 0.0981. The van der Waals surface area contributed by atoms with Crippen LogP contribution in [0.4, 0.5) is 29.2 Å². The van der Waals surface area contributed by atoms with Gasteiger partial charge in [-0.3, -0.25) is 18.4 Å². The molecule has 0 spiro atoms. The van der Waals surface area contributed by atoms with E-state index >= 15 is 0 Å². The Morgan fingerprint density at radius 3 is 1.48 bits per heavy atom. The molecule has 4 aliphatic heterocycles. The Bertz CT molecular complexity index is 1780. The number of carbonyl (C=O) groups excluding carboxylic acids is 2. The summed E-state index contributed by atoms with van der Waals surface area (Å²) in [5, 5.41) is 0. The number of carbonyl (C=O) groups is 2. The summed E-state index contributed by atoms with van der Waals surface area (Å²) in [6.45, 7) is 0.514. The molecular formula is C30H32Br2F4N10O2. The molecule has 0 saturated carbocycles. The van der Waals surface area contributed by atoms with E-state index in [4.69, 9.17) is 11.5 Å². The molecule has 48 heavy (non-hydrogen) atoms. The minimum Gasteiger partial charge on any atom is -0.382 e. The zero-order chi connectivity index (χ0) is 34.1. The lowest BCUT2D eigenvalue weighted by atomic mass is 9.84. The van der Waals surface area contributed by atoms with Gasteiger partial charge in [-0.15, -0.1) is 0 Å². The number of halogens is 6. The fourth-order valence-electron chi connectivity index (χ4n) is 7.62. The number of anilines is 2. The van der Waals surface area contributed by atoms with E-state index in [2.05, 4.69) is 51.8 Å². The van der Waals surface area contributed by atoms with Crippen LogP contribution in [-0.2, 0) is 9.59 Å². The maximum atomic E-state index is 14.1. The van der Waals surface area contributed by atoms with E-state index < -0.39 is 23.9 Å². The third-order valence-corrected chi connectivity index (χ3v) is 11.1. The highest BCUT2D eigenvalue weighted by Gasteiger charge is 2.52. The molecule has 4 aromatic rings. The molecule has 4 atom stereocenters. The molecule has 18 heteroatoms. The number of fused-ring (bicyclic) bond motifs is 4. The van der Waals surface area contributed by atoms with Crippen LogP contribution in [-0.4, -0.2) is 87.4 Å². The van der Waals surface area contributed by atoms with Crippen LogP contribution in [0, 0.1) is 0 Å². The van der Waals surface area contributed by atoms with Crippen molar-refractivity contribution < 1.29 is 27.2 Å². The Balaban J connectivity index is 0.000000152. The van der Waals surface area contributed by atoms with Crippen molar-refractivity contribution in [3.63, 3.8) is 0 Å². The van der Waals surface area contributed by atoms with Gasteiger partial charge in [-0.2, -0.15) is 0 Å². The maximum absolute atomic E-state index is 14.1. The number of piperidine rings is 4. The van der Waals surface area contributed by atoms with Gasteiger partial charge in [-0.05, 0) is 57.5 Å². The molecule has 4 aromatic heterocycles. The number of aromatic nitrogens is 6. The van der Waals surface area contributed by atoms with E-state index in [0.29, 0.717) is 56.4 Å². The average molecular weight is 800 g/mol. The number of nitrogen functional groups attached to an aromatic ring is 2. The highest BCUT2D eigenvalue weighted by molar-refractivity contribution is 9.10. The van der Waals surface area contributed by atoms with Gasteiger partial charge < -0.3 is 21.3 Å². The van der Waals surface area contributed by atoms with E-state index in [9.17, 15) is 27.2 Å². The molecule has 12 nitrogen and oxygen atoms in total. The Hall–Kier alpha value is -3.54. The summed E-state index contributed by atoms with van der Waals surface area (Å²) >= 11 is 6.76. The van der Waals surface area contributed by atoms with Crippen molar-refractivity contribution >= 4 is 66.3 Å². The van der Waals surface area contributed by atoms with Crippen molar-refractivity contribution in [2.75, 3.05) is 24.6 Å². The minimum atomic E-state index is -2.80. The predicted molar refractivity (Wildman–Crippen MR) is 174 cm³/mol. The van der Waals surface area contributed by atoms with Crippen molar-refractivity contribution in [3.05, 3.63) is 45.6 Å². The molecule has 0 bridgehead atoms. The number of hydrogen-bond acceptors (Lipinski definition) is 8. The van der Waals surface area contributed by atoms with Gasteiger partial charge in [0.1, 0.15) is 31.9 Å². The van der Waals surface area contributed by atoms with Gasteiger partial charge in [-0.25, -0.2) is 37.5 Å². The average Bonchev–Trinajstić information content (AvgIpc) is 3.59. The first kappa shape index (κ1) is 33.0. The molecule has 4 saturated heterocycles. The predicted octanol–water partition coefficient (Wildman–Crippen LogP) is 5.16. The second kappa shape index (κ2) is 12.1.